The number of hydrogen-bond donors (Lipinski definition) is 1. The average molecular weight is 239 g/mol. The van der Waals surface area contributed by atoms with E-state index >= 15 is 0 Å². The monoisotopic (exact) mass is 239 g/mol. The molecule has 2 atom stereocenters. The molecule has 0 aliphatic carbocycles. The number of aromatic nitrogens is 1. The van der Waals surface area contributed by atoms with Gasteiger partial charge in [-0.3, -0.25) is 4.79 Å². The number of likely N-dealkylation sites (N-methyl/N-ethyl adjacent to an activating group) is 1. The van der Waals surface area contributed by atoms with Crippen LogP contribution in [0.15, 0.2) is 10.6 Å². The van der Waals surface area contributed by atoms with E-state index in [0.717, 1.165) is 17.9 Å². The standard InChI is InChI=1S/C12H21N3O2/c1-5-8(2)11(13)12(16)15(4)7-10-6-9(3)17-14-10/h6,8,11H,5,7,13H2,1-4H3. The Bertz CT molecular complexity index is 376. The van der Waals surface area contributed by atoms with Crippen LogP contribution in [-0.2, 0) is 11.3 Å². The van der Waals surface area contributed by atoms with Crippen molar-refractivity contribution < 1.29 is 9.32 Å². The van der Waals surface area contributed by atoms with Crippen molar-refractivity contribution in [3.8, 4) is 0 Å². The topological polar surface area (TPSA) is 72.4 Å². The van der Waals surface area contributed by atoms with Gasteiger partial charge in [-0.2, -0.15) is 0 Å². The summed E-state index contributed by atoms with van der Waals surface area (Å²) in [5.41, 5.74) is 6.64. The first-order valence-electron chi connectivity index (χ1n) is 5.88. The van der Waals surface area contributed by atoms with Gasteiger partial charge in [-0.05, 0) is 12.8 Å². The Morgan fingerprint density at radius 3 is 2.76 bits per heavy atom. The van der Waals surface area contributed by atoms with Gasteiger partial charge in [-0.25, -0.2) is 0 Å². The molecule has 2 N–H and O–H groups in total. The molecule has 1 rings (SSSR count). The number of nitrogens with two attached hydrogens (primary N) is 1. The Kier molecular flexibility index (Phi) is 4.69. The average Bonchev–Trinajstić information content (AvgIpc) is 2.71. The molecule has 1 heterocycles. The van der Waals surface area contributed by atoms with Crippen LogP contribution in [0.1, 0.15) is 31.7 Å². The Morgan fingerprint density at radius 2 is 2.29 bits per heavy atom. The highest BCUT2D eigenvalue weighted by molar-refractivity contribution is 5.81. The fourth-order valence-electron chi connectivity index (χ4n) is 1.57. The zero-order valence-electron chi connectivity index (χ0n) is 10.9. The molecule has 2 unspecified atom stereocenters. The molecule has 0 spiro atoms. The molecule has 0 saturated carbocycles. The van der Waals surface area contributed by atoms with Crippen LogP contribution in [0.2, 0.25) is 0 Å². The summed E-state index contributed by atoms with van der Waals surface area (Å²) in [6, 6.07) is 1.37. The molecule has 5 heteroatoms. The van der Waals surface area contributed by atoms with Gasteiger partial charge in [0.1, 0.15) is 11.5 Å². The van der Waals surface area contributed by atoms with Crippen molar-refractivity contribution in [2.75, 3.05) is 7.05 Å². The van der Waals surface area contributed by atoms with E-state index in [2.05, 4.69) is 5.16 Å². The molecule has 0 saturated heterocycles. The van der Waals surface area contributed by atoms with Gasteiger partial charge in [0.2, 0.25) is 5.91 Å². The molecule has 1 amide bonds. The van der Waals surface area contributed by atoms with Crippen LogP contribution < -0.4 is 5.73 Å². The molecule has 0 fully saturated rings. The van der Waals surface area contributed by atoms with Gasteiger partial charge in [0.05, 0.1) is 12.6 Å². The van der Waals surface area contributed by atoms with E-state index in [9.17, 15) is 4.79 Å². The molecule has 1 aromatic heterocycles. The highest BCUT2D eigenvalue weighted by atomic mass is 16.5. The summed E-state index contributed by atoms with van der Waals surface area (Å²) in [4.78, 5) is 13.6. The lowest BCUT2D eigenvalue weighted by molar-refractivity contribution is -0.133. The van der Waals surface area contributed by atoms with Gasteiger partial charge in [-0.15, -0.1) is 0 Å². The number of nitrogens with zero attached hydrogens (tertiary/aromatic N) is 2. The van der Waals surface area contributed by atoms with E-state index in [1.807, 2.05) is 26.8 Å². The summed E-state index contributed by atoms with van der Waals surface area (Å²) in [6.45, 7) is 6.26. The molecule has 1 aromatic rings. The van der Waals surface area contributed by atoms with Crippen molar-refractivity contribution in [1.82, 2.24) is 10.1 Å². The molecule has 0 aliphatic rings. The van der Waals surface area contributed by atoms with Crippen LogP contribution in [0.4, 0.5) is 0 Å². The summed E-state index contributed by atoms with van der Waals surface area (Å²) in [7, 11) is 1.73. The maximum Gasteiger partial charge on any atom is 0.239 e. The van der Waals surface area contributed by atoms with E-state index in [0.29, 0.717) is 6.54 Å². The SMILES string of the molecule is CCC(C)C(N)C(=O)N(C)Cc1cc(C)on1. The van der Waals surface area contributed by atoms with Gasteiger partial charge in [0, 0.05) is 13.1 Å². The smallest absolute Gasteiger partial charge is 0.239 e. The highest BCUT2D eigenvalue weighted by Crippen LogP contribution is 2.10. The van der Waals surface area contributed by atoms with E-state index in [1.54, 1.807) is 11.9 Å². The number of hydrogen-bond acceptors (Lipinski definition) is 4. The number of carbonyl (C=O) groups is 1. The summed E-state index contributed by atoms with van der Waals surface area (Å²) in [5, 5.41) is 3.85. The van der Waals surface area contributed by atoms with E-state index < -0.39 is 6.04 Å². The molecular formula is C12H21N3O2. The van der Waals surface area contributed by atoms with Crippen molar-refractivity contribution in [1.29, 1.82) is 0 Å². The second kappa shape index (κ2) is 5.82. The zero-order chi connectivity index (χ0) is 13.0. The number of rotatable bonds is 5. The Hall–Kier alpha value is -1.36. The molecule has 5 nitrogen and oxygen atoms in total. The van der Waals surface area contributed by atoms with E-state index in [4.69, 9.17) is 10.3 Å². The predicted molar refractivity (Wildman–Crippen MR) is 65.1 cm³/mol. The van der Waals surface area contributed by atoms with Gasteiger partial charge >= 0.3 is 0 Å². The lowest BCUT2D eigenvalue weighted by Crippen LogP contribution is -2.45. The van der Waals surface area contributed by atoms with Gasteiger partial charge < -0.3 is 15.2 Å². The minimum Gasteiger partial charge on any atom is -0.361 e. The fourth-order valence-corrected chi connectivity index (χ4v) is 1.57. The summed E-state index contributed by atoms with van der Waals surface area (Å²) >= 11 is 0. The third-order valence-electron chi connectivity index (χ3n) is 2.99. The van der Waals surface area contributed by atoms with Gasteiger partial charge in [0.15, 0.2) is 0 Å². The van der Waals surface area contributed by atoms with E-state index in [-0.39, 0.29) is 11.8 Å². The summed E-state index contributed by atoms with van der Waals surface area (Å²) in [6.07, 6.45) is 0.893. The normalized spacial score (nSPS) is 14.4. The first kappa shape index (κ1) is 13.7. The largest absolute Gasteiger partial charge is 0.361 e. The first-order chi connectivity index (χ1) is 7.95. The molecule has 17 heavy (non-hydrogen) atoms. The Balaban J connectivity index is 2.58. The van der Waals surface area contributed by atoms with Crippen LogP contribution in [0.5, 0.6) is 0 Å². The van der Waals surface area contributed by atoms with Crippen LogP contribution in [0.3, 0.4) is 0 Å². The minimum atomic E-state index is -0.446. The molecule has 0 aliphatic heterocycles. The second-order valence-corrected chi connectivity index (χ2v) is 4.53. The molecule has 96 valence electrons. The van der Waals surface area contributed by atoms with Crippen LogP contribution in [-0.4, -0.2) is 29.1 Å². The van der Waals surface area contributed by atoms with Crippen molar-refractivity contribution in [3.05, 3.63) is 17.5 Å². The second-order valence-electron chi connectivity index (χ2n) is 4.53. The minimum absolute atomic E-state index is 0.0556. The van der Waals surface area contributed by atoms with Crippen molar-refractivity contribution in [2.24, 2.45) is 11.7 Å². The van der Waals surface area contributed by atoms with Gasteiger partial charge in [0.25, 0.3) is 0 Å². The Morgan fingerprint density at radius 1 is 1.65 bits per heavy atom. The molecule has 0 radical (unpaired) electrons. The maximum atomic E-state index is 12.0. The van der Waals surface area contributed by atoms with Crippen molar-refractivity contribution >= 4 is 5.91 Å². The number of carbonyl (C=O) groups excluding carboxylic acids is 1. The highest BCUT2D eigenvalue weighted by Gasteiger charge is 2.23. The van der Waals surface area contributed by atoms with Crippen LogP contribution >= 0.6 is 0 Å². The number of amides is 1. The van der Waals surface area contributed by atoms with Crippen molar-refractivity contribution in [2.45, 2.75) is 39.8 Å². The molecule has 0 bridgehead atoms. The van der Waals surface area contributed by atoms with E-state index in [1.165, 1.54) is 0 Å². The fraction of sp³-hybridized carbons (Fsp3) is 0.667. The molecular weight excluding hydrogens is 218 g/mol. The van der Waals surface area contributed by atoms with Crippen LogP contribution in [0, 0.1) is 12.8 Å². The number of aryl methyl sites for hydroxylation is 1. The first-order valence-corrected chi connectivity index (χ1v) is 5.88. The quantitative estimate of drug-likeness (QED) is 0.841. The third kappa shape index (κ3) is 3.56. The lowest BCUT2D eigenvalue weighted by Gasteiger charge is -2.23. The zero-order valence-corrected chi connectivity index (χ0v) is 10.9. The van der Waals surface area contributed by atoms with Crippen LogP contribution in [0.25, 0.3) is 0 Å². The summed E-state index contributed by atoms with van der Waals surface area (Å²) in [5.74, 6) is 0.871. The third-order valence-corrected chi connectivity index (χ3v) is 2.99. The maximum absolute atomic E-state index is 12.0. The predicted octanol–water partition coefficient (Wildman–Crippen LogP) is 1.31. The molecule has 0 aromatic carbocycles. The van der Waals surface area contributed by atoms with Crippen molar-refractivity contribution in [3.63, 3.8) is 0 Å². The van der Waals surface area contributed by atoms with Gasteiger partial charge in [-0.1, -0.05) is 25.4 Å². The Labute approximate surface area is 102 Å². The summed E-state index contributed by atoms with van der Waals surface area (Å²) < 4.78 is 4.96. The lowest BCUT2D eigenvalue weighted by atomic mass is 9.99.